The van der Waals surface area contributed by atoms with E-state index in [0.29, 0.717) is 13.0 Å². The Morgan fingerprint density at radius 3 is 3.06 bits per heavy atom. The summed E-state index contributed by atoms with van der Waals surface area (Å²) >= 11 is 0. The summed E-state index contributed by atoms with van der Waals surface area (Å²) in [6.07, 6.45) is 5.89. The number of allylic oxidation sites excluding steroid dienone is 1. The molecule has 2 rings (SSSR count). The van der Waals surface area contributed by atoms with Crippen LogP contribution in [-0.2, 0) is 11.2 Å². The van der Waals surface area contributed by atoms with Crippen LogP contribution in [0.25, 0.3) is 10.9 Å². The van der Waals surface area contributed by atoms with E-state index in [1.54, 1.807) is 6.08 Å². The van der Waals surface area contributed by atoms with Gasteiger partial charge in [0.1, 0.15) is 0 Å². The van der Waals surface area contributed by atoms with Crippen LogP contribution in [-0.4, -0.2) is 17.4 Å². The summed E-state index contributed by atoms with van der Waals surface area (Å²) in [5, 5.41) is 4.15. The number of aromatic amines is 1. The van der Waals surface area contributed by atoms with Gasteiger partial charge >= 0.3 is 0 Å². The van der Waals surface area contributed by atoms with Gasteiger partial charge in [-0.05, 0) is 24.5 Å². The first-order valence-electron chi connectivity index (χ1n) is 6.24. The van der Waals surface area contributed by atoms with Crippen molar-refractivity contribution in [2.75, 3.05) is 6.54 Å². The number of para-hydroxylation sites is 1. The van der Waals surface area contributed by atoms with Gasteiger partial charge in [-0.25, -0.2) is 0 Å². The molecule has 0 atom stereocenters. The number of amides is 1. The van der Waals surface area contributed by atoms with E-state index < -0.39 is 0 Å². The molecule has 0 bridgehead atoms. The number of benzene rings is 1. The predicted molar refractivity (Wildman–Crippen MR) is 74.4 cm³/mol. The Balaban J connectivity index is 1.87. The van der Waals surface area contributed by atoms with Gasteiger partial charge in [0.2, 0.25) is 5.91 Å². The number of rotatable bonds is 6. The first-order valence-corrected chi connectivity index (χ1v) is 6.24. The zero-order valence-corrected chi connectivity index (χ0v) is 10.4. The van der Waals surface area contributed by atoms with Crippen molar-refractivity contribution in [2.24, 2.45) is 0 Å². The smallest absolute Gasteiger partial charge is 0.220 e. The Bertz CT molecular complexity index is 542. The van der Waals surface area contributed by atoms with Crippen LogP contribution in [0.2, 0.25) is 0 Å². The number of hydrogen-bond donors (Lipinski definition) is 2. The van der Waals surface area contributed by atoms with Gasteiger partial charge in [-0.3, -0.25) is 4.79 Å². The Kier molecular flexibility index (Phi) is 4.18. The second kappa shape index (κ2) is 6.05. The Labute approximate surface area is 107 Å². The SMILES string of the molecule is C=CCCC(=O)NCCc1c[nH]c2ccccc12. The molecule has 0 unspecified atom stereocenters. The lowest BCUT2D eigenvalue weighted by atomic mass is 10.1. The number of aromatic nitrogens is 1. The van der Waals surface area contributed by atoms with E-state index in [1.807, 2.05) is 18.3 Å². The average Bonchev–Trinajstić information content (AvgIpc) is 2.80. The molecule has 1 aromatic heterocycles. The molecule has 1 heterocycles. The van der Waals surface area contributed by atoms with Crippen molar-refractivity contribution < 1.29 is 4.79 Å². The number of fused-ring (bicyclic) bond motifs is 1. The highest BCUT2D eigenvalue weighted by molar-refractivity contribution is 5.83. The molecule has 0 saturated heterocycles. The van der Waals surface area contributed by atoms with Crippen LogP contribution >= 0.6 is 0 Å². The molecule has 18 heavy (non-hydrogen) atoms. The molecule has 0 radical (unpaired) electrons. The highest BCUT2D eigenvalue weighted by Gasteiger charge is 2.03. The van der Waals surface area contributed by atoms with E-state index in [2.05, 4.69) is 29.0 Å². The van der Waals surface area contributed by atoms with E-state index in [4.69, 9.17) is 0 Å². The number of carbonyl (C=O) groups is 1. The summed E-state index contributed by atoms with van der Waals surface area (Å²) in [4.78, 5) is 14.7. The molecule has 0 aliphatic rings. The third-order valence-electron chi connectivity index (χ3n) is 2.97. The van der Waals surface area contributed by atoms with Gasteiger partial charge in [0, 0.05) is 30.1 Å². The van der Waals surface area contributed by atoms with Crippen LogP contribution in [0.1, 0.15) is 18.4 Å². The van der Waals surface area contributed by atoms with Gasteiger partial charge in [-0.2, -0.15) is 0 Å². The number of hydrogen-bond acceptors (Lipinski definition) is 1. The summed E-state index contributed by atoms with van der Waals surface area (Å²) in [5.41, 5.74) is 2.39. The van der Waals surface area contributed by atoms with E-state index in [-0.39, 0.29) is 5.91 Å². The third kappa shape index (κ3) is 3.00. The molecular formula is C15H18N2O. The van der Waals surface area contributed by atoms with E-state index in [0.717, 1.165) is 18.4 Å². The van der Waals surface area contributed by atoms with E-state index in [1.165, 1.54) is 10.9 Å². The molecule has 3 nitrogen and oxygen atoms in total. The fraction of sp³-hybridized carbons (Fsp3) is 0.267. The number of carbonyl (C=O) groups excluding carboxylic acids is 1. The van der Waals surface area contributed by atoms with Crippen molar-refractivity contribution in [3.8, 4) is 0 Å². The lowest BCUT2D eigenvalue weighted by Crippen LogP contribution is -2.25. The Morgan fingerprint density at radius 1 is 1.39 bits per heavy atom. The summed E-state index contributed by atoms with van der Waals surface area (Å²) in [6, 6.07) is 8.20. The molecule has 0 spiro atoms. The maximum absolute atomic E-state index is 11.4. The van der Waals surface area contributed by atoms with E-state index in [9.17, 15) is 4.79 Å². The predicted octanol–water partition coefficient (Wildman–Crippen LogP) is 2.79. The summed E-state index contributed by atoms with van der Waals surface area (Å²) in [7, 11) is 0. The molecule has 94 valence electrons. The molecule has 0 aliphatic heterocycles. The Hall–Kier alpha value is -2.03. The summed E-state index contributed by atoms with van der Waals surface area (Å²) in [6.45, 7) is 4.28. The molecule has 0 fully saturated rings. The van der Waals surface area contributed by atoms with Crippen molar-refractivity contribution in [3.63, 3.8) is 0 Å². The van der Waals surface area contributed by atoms with Gasteiger partial charge in [0.15, 0.2) is 0 Å². The van der Waals surface area contributed by atoms with Crippen LogP contribution < -0.4 is 5.32 Å². The van der Waals surface area contributed by atoms with Crippen molar-refractivity contribution in [3.05, 3.63) is 48.7 Å². The quantitative estimate of drug-likeness (QED) is 0.752. The number of nitrogens with one attached hydrogen (secondary N) is 2. The summed E-state index contributed by atoms with van der Waals surface area (Å²) in [5.74, 6) is 0.0924. The van der Waals surface area contributed by atoms with Crippen LogP contribution in [0.3, 0.4) is 0 Å². The van der Waals surface area contributed by atoms with Gasteiger partial charge < -0.3 is 10.3 Å². The molecule has 2 aromatic rings. The van der Waals surface area contributed by atoms with Crippen molar-refractivity contribution in [1.29, 1.82) is 0 Å². The largest absolute Gasteiger partial charge is 0.361 e. The topological polar surface area (TPSA) is 44.9 Å². The first-order chi connectivity index (χ1) is 8.81. The molecular weight excluding hydrogens is 224 g/mol. The number of H-pyrrole nitrogens is 1. The maximum atomic E-state index is 11.4. The zero-order chi connectivity index (χ0) is 12.8. The fourth-order valence-electron chi connectivity index (χ4n) is 2.00. The summed E-state index contributed by atoms with van der Waals surface area (Å²) < 4.78 is 0. The van der Waals surface area contributed by atoms with Crippen molar-refractivity contribution in [2.45, 2.75) is 19.3 Å². The second-order valence-electron chi connectivity index (χ2n) is 4.29. The molecule has 0 saturated carbocycles. The highest BCUT2D eigenvalue weighted by Crippen LogP contribution is 2.17. The van der Waals surface area contributed by atoms with Crippen LogP contribution in [0, 0.1) is 0 Å². The van der Waals surface area contributed by atoms with Crippen molar-refractivity contribution >= 4 is 16.8 Å². The Morgan fingerprint density at radius 2 is 2.22 bits per heavy atom. The van der Waals surface area contributed by atoms with Gasteiger partial charge in [0.05, 0.1) is 0 Å². The lowest BCUT2D eigenvalue weighted by molar-refractivity contribution is -0.120. The highest BCUT2D eigenvalue weighted by atomic mass is 16.1. The van der Waals surface area contributed by atoms with Gasteiger partial charge in [0.25, 0.3) is 0 Å². The van der Waals surface area contributed by atoms with Crippen LogP contribution in [0.5, 0.6) is 0 Å². The zero-order valence-electron chi connectivity index (χ0n) is 10.4. The molecule has 3 heteroatoms. The van der Waals surface area contributed by atoms with Crippen LogP contribution in [0.15, 0.2) is 43.1 Å². The normalized spacial score (nSPS) is 10.4. The van der Waals surface area contributed by atoms with Crippen molar-refractivity contribution in [1.82, 2.24) is 10.3 Å². The molecule has 2 N–H and O–H groups in total. The molecule has 1 amide bonds. The minimum atomic E-state index is 0.0924. The monoisotopic (exact) mass is 242 g/mol. The minimum Gasteiger partial charge on any atom is -0.361 e. The standard InChI is InChI=1S/C15H18N2O/c1-2-3-8-15(18)16-10-9-12-11-17-14-7-5-4-6-13(12)14/h2,4-7,11,17H,1,3,8-10H2,(H,16,18). The third-order valence-corrected chi connectivity index (χ3v) is 2.97. The van der Waals surface area contributed by atoms with Gasteiger partial charge in [-0.1, -0.05) is 24.3 Å². The fourth-order valence-corrected chi connectivity index (χ4v) is 2.00. The molecule has 1 aromatic carbocycles. The average molecular weight is 242 g/mol. The first kappa shape index (κ1) is 12.4. The van der Waals surface area contributed by atoms with E-state index >= 15 is 0 Å². The lowest BCUT2D eigenvalue weighted by Gasteiger charge is -2.03. The molecule has 0 aliphatic carbocycles. The maximum Gasteiger partial charge on any atom is 0.220 e. The van der Waals surface area contributed by atoms with Gasteiger partial charge in [-0.15, -0.1) is 6.58 Å². The minimum absolute atomic E-state index is 0.0924. The second-order valence-corrected chi connectivity index (χ2v) is 4.29. The van der Waals surface area contributed by atoms with Crippen LogP contribution in [0.4, 0.5) is 0 Å².